The molecule has 1 aromatic heterocycles. The highest BCUT2D eigenvalue weighted by molar-refractivity contribution is 7.89. The van der Waals surface area contributed by atoms with Gasteiger partial charge in [-0.15, -0.1) is 0 Å². The highest BCUT2D eigenvalue weighted by Gasteiger charge is 2.35. The summed E-state index contributed by atoms with van der Waals surface area (Å²) in [5.41, 5.74) is 0.638. The average Bonchev–Trinajstić information content (AvgIpc) is 3.21. The van der Waals surface area contributed by atoms with Crippen molar-refractivity contribution in [2.75, 3.05) is 25.5 Å². The van der Waals surface area contributed by atoms with E-state index in [4.69, 9.17) is 4.74 Å². The molecule has 30 heavy (non-hydrogen) atoms. The second-order valence-electron chi connectivity index (χ2n) is 7.07. The van der Waals surface area contributed by atoms with Crippen LogP contribution in [0.25, 0.3) is 10.1 Å². The summed E-state index contributed by atoms with van der Waals surface area (Å²) in [6.45, 7) is 0.286. The van der Waals surface area contributed by atoms with E-state index in [0.717, 1.165) is 22.2 Å². The summed E-state index contributed by atoms with van der Waals surface area (Å²) in [6, 6.07) is 8.90. The fraction of sp³-hybridized carbons (Fsp3) is 0.300. The molecule has 1 amide bonds. The number of carbonyl (C=O) groups excluding carboxylic acids is 1. The van der Waals surface area contributed by atoms with Crippen LogP contribution >= 0.6 is 11.5 Å². The van der Waals surface area contributed by atoms with Gasteiger partial charge < -0.3 is 10.1 Å². The van der Waals surface area contributed by atoms with E-state index >= 15 is 0 Å². The van der Waals surface area contributed by atoms with E-state index in [1.165, 1.54) is 29.0 Å². The Bertz CT molecular complexity index is 1200. The molecule has 1 aliphatic rings. The van der Waals surface area contributed by atoms with Gasteiger partial charge in [0.15, 0.2) is 0 Å². The molecule has 7 nitrogen and oxygen atoms in total. The van der Waals surface area contributed by atoms with Crippen LogP contribution in [0, 0.1) is 11.7 Å². The Labute approximate surface area is 177 Å². The molecule has 1 atom stereocenters. The number of methoxy groups -OCH3 is 1. The first-order chi connectivity index (χ1) is 14.4. The van der Waals surface area contributed by atoms with Gasteiger partial charge in [0, 0.05) is 30.4 Å². The molecule has 0 saturated carbocycles. The van der Waals surface area contributed by atoms with E-state index in [-0.39, 0.29) is 29.6 Å². The molecule has 1 N–H and O–H groups in total. The Morgan fingerprint density at radius 3 is 2.93 bits per heavy atom. The molecule has 0 bridgehead atoms. The number of carbonyl (C=O) groups is 1. The zero-order chi connectivity index (χ0) is 21.3. The van der Waals surface area contributed by atoms with Gasteiger partial charge in [0.1, 0.15) is 16.5 Å². The van der Waals surface area contributed by atoms with Crippen LogP contribution in [0.3, 0.4) is 0 Å². The molecule has 1 fully saturated rings. The third kappa shape index (κ3) is 4.03. The standard InChI is InChI=1S/C20H20FN3O4S2/c1-28-17-6-4-15(21)10-19(17)30(26,27)24-8-2-3-13(12-24)20(25)23-16-5-7-18-14(9-16)11-22-29-18/h4-7,9-11,13H,2-3,8,12H2,1H3,(H,23,25). The number of sulfonamides is 1. The summed E-state index contributed by atoms with van der Waals surface area (Å²) in [6.07, 6.45) is 2.83. The number of halogens is 1. The average molecular weight is 450 g/mol. The summed E-state index contributed by atoms with van der Waals surface area (Å²) >= 11 is 1.37. The van der Waals surface area contributed by atoms with Crippen molar-refractivity contribution in [3.05, 3.63) is 48.4 Å². The topological polar surface area (TPSA) is 88.6 Å². The lowest BCUT2D eigenvalue weighted by atomic mass is 9.98. The zero-order valence-electron chi connectivity index (χ0n) is 16.2. The Balaban J connectivity index is 1.52. The number of nitrogens with zero attached hydrogens (tertiary/aromatic N) is 2. The van der Waals surface area contributed by atoms with Gasteiger partial charge in [0.05, 0.1) is 17.7 Å². The minimum atomic E-state index is -4.01. The van der Waals surface area contributed by atoms with Crippen LogP contribution < -0.4 is 10.1 Å². The van der Waals surface area contributed by atoms with Crippen molar-refractivity contribution in [2.24, 2.45) is 5.92 Å². The van der Waals surface area contributed by atoms with Crippen LogP contribution in [0.2, 0.25) is 0 Å². The highest BCUT2D eigenvalue weighted by atomic mass is 32.2. The van der Waals surface area contributed by atoms with Gasteiger partial charge in [-0.3, -0.25) is 4.79 Å². The minimum Gasteiger partial charge on any atom is -0.495 e. The van der Waals surface area contributed by atoms with Crippen LogP contribution in [-0.2, 0) is 14.8 Å². The number of ether oxygens (including phenoxy) is 1. The highest BCUT2D eigenvalue weighted by Crippen LogP contribution is 2.31. The number of anilines is 1. The molecular formula is C20H20FN3O4S2. The monoisotopic (exact) mass is 449 g/mol. The minimum absolute atomic E-state index is 0.0239. The molecule has 158 valence electrons. The fourth-order valence-electron chi connectivity index (χ4n) is 3.56. The quantitative estimate of drug-likeness (QED) is 0.644. The van der Waals surface area contributed by atoms with E-state index in [1.807, 2.05) is 12.1 Å². The third-order valence-corrected chi connectivity index (χ3v) is 7.78. The van der Waals surface area contributed by atoms with Gasteiger partial charge in [-0.2, -0.15) is 8.68 Å². The summed E-state index contributed by atoms with van der Waals surface area (Å²) in [7, 11) is -2.67. The van der Waals surface area contributed by atoms with Gasteiger partial charge in [-0.25, -0.2) is 12.8 Å². The van der Waals surface area contributed by atoms with Gasteiger partial charge in [0.2, 0.25) is 15.9 Å². The summed E-state index contributed by atoms with van der Waals surface area (Å²) in [5.74, 6) is -1.35. The molecule has 2 aromatic carbocycles. The van der Waals surface area contributed by atoms with Crippen LogP contribution in [0.1, 0.15) is 12.8 Å². The Morgan fingerprint density at radius 2 is 2.13 bits per heavy atom. The van der Waals surface area contributed by atoms with Gasteiger partial charge in [-0.05, 0) is 60.8 Å². The van der Waals surface area contributed by atoms with Crippen molar-refractivity contribution in [3.63, 3.8) is 0 Å². The normalized spacial score (nSPS) is 17.7. The number of piperidine rings is 1. The first-order valence-corrected chi connectivity index (χ1v) is 11.6. The molecule has 10 heteroatoms. The molecule has 0 radical (unpaired) electrons. The Morgan fingerprint density at radius 1 is 1.30 bits per heavy atom. The second kappa shape index (κ2) is 8.29. The van der Waals surface area contributed by atoms with Crippen molar-refractivity contribution in [3.8, 4) is 5.75 Å². The van der Waals surface area contributed by atoms with E-state index in [1.54, 1.807) is 12.3 Å². The maximum absolute atomic E-state index is 13.7. The first kappa shape index (κ1) is 20.7. The number of aromatic nitrogens is 1. The van der Waals surface area contributed by atoms with Crippen LogP contribution in [-0.4, -0.2) is 43.2 Å². The number of amides is 1. The van der Waals surface area contributed by atoms with Crippen molar-refractivity contribution >= 4 is 43.2 Å². The van der Waals surface area contributed by atoms with Crippen molar-refractivity contribution in [1.82, 2.24) is 8.68 Å². The van der Waals surface area contributed by atoms with Crippen LogP contribution in [0.5, 0.6) is 5.75 Å². The lowest BCUT2D eigenvalue weighted by Gasteiger charge is -2.31. The predicted molar refractivity (Wildman–Crippen MR) is 113 cm³/mol. The fourth-order valence-corrected chi connectivity index (χ4v) is 5.88. The molecule has 0 aliphatic carbocycles. The SMILES string of the molecule is COc1ccc(F)cc1S(=O)(=O)N1CCCC(C(=O)Nc2ccc3sncc3c2)C1. The molecule has 2 heterocycles. The number of hydrogen-bond donors (Lipinski definition) is 1. The van der Waals surface area contributed by atoms with E-state index in [2.05, 4.69) is 9.69 Å². The molecule has 1 saturated heterocycles. The Kier molecular flexibility index (Phi) is 5.72. The molecule has 1 aliphatic heterocycles. The van der Waals surface area contributed by atoms with E-state index in [0.29, 0.717) is 18.5 Å². The number of rotatable bonds is 5. The van der Waals surface area contributed by atoms with Crippen molar-refractivity contribution < 1.29 is 22.3 Å². The zero-order valence-corrected chi connectivity index (χ0v) is 17.8. The summed E-state index contributed by atoms with van der Waals surface area (Å²) < 4.78 is 51.4. The predicted octanol–water partition coefficient (Wildman–Crippen LogP) is 3.48. The molecule has 4 rings (SSSR count). The number of benzene rings is 2. The van der Waals surface area contributed by atoms with Crippen LogP contribution in [0.15, 0.2) is 47.5 Å². The number of fused-ring (bicyclic) bond motifs is 1. The Hall–Kier alpha value is -2.56. The number of hydrogen-bond acceptors (Lipinski definition) is 6. The van der Waals surface area contributed by atoms with Gasteiger partial charge in [0.25, 0.3) is 0 Å². The molecular weight excluding hydrogens is 429 g/mol. The maximum Gasteiger partial charge on any atom is 0.246 e. The van der Waals surface area contributed by atoms with Crippen molar-refractivity contribution in [2.45, 2.75) is 17.7 Å². The smallest absolute Gasteiger partial charge is 0.246 e. The third-order valence-electron chi connectivity index (χ3n) is 5.12. The molecule has 3 aromatic rings. The summed E-state index contributed by atoms with van der Waals surface area (Å²) in [4.78, 5) is 12.6. The number of nitrogens with one attached hydrogen (secondary N) is 1. The lowest BCUT2D eigenvalue weighted by molar-refractivity contribution is -0.120. The van der Waals surface area contributed by atoms with Crippen LogP contribution in [0.4, 0.5) is 10.1 Å². The van der Waals surface area contributed by atoms with E-state index < -0.39 is 21.8 Å². The lowest BCUT2D eigenvalue weighted by Crippen LogP contribution is -2.43. The van der Waals surface area contributed by atoms with Gasteiger partial charge in [-0.1, -0.05) is 0 Å². The summed E-state index contributed by atoms with van der Waals surface area (Å²) in [5, 5.41) is 3.80. The largest absolute Gasteiger partial charge is 0.495 e. The second-order valence-corrected chi connectivity index (χ2v) is 9.80. The van der Waals surface area contributed by atoms with E-state index in [9.17, 15) is 17.6 Å². The molecule has 0 spiro atoms. The maximum atomic E-state index is 13.7. The molecule has 1 unspecified atom stereocenters. The first-order valence-electron chi connectivity index (χ1n) is 9.37. The van der Waals surface area contributed by atoms with Gasteiger partial charge >= 0.3 is 0 Å². The van der Waals surface area contributed by atoms with Crippen molar-refractivity contribution in [1.29, 1.82) is 0 Å².